The molecular formula is C22H18N4O2S. The number of benzene rings is 3. The van der Waals surface area contributed by atoms with Crippen LogP contribution in [0.1, 0.15) is 11.8 Å². The molecule has 0 unspecified atom stereocenters. The zero-order chi connectivity index (χ0) is 19.8. The van der Waals surface area contributed by atoms with E-state index in [-0.39, 0.29) is 0 Å². The van der Waals surface area contributed by atoms with E-state index in [2.05, 4.69) is 26.6 Å². The normalized spacial score (nSPS) is 14.9. The summed E-state index contributed by atoms with van der Waals surface area (Å²) in [5, 5.41) is 14.8. The van der Waals surface area contributed by atoms with Gasteiger partial charge in [0.15, 0.2) is 11.9 Å². The fourth-order valence-corrected chi connectivity index (χ4v) is 3.87. The second-order valence-electron chi connectivity index (χ2n) is 6.54. The highest BCUT2D eigenvalue weighted by Gasteiger charge is 2.27. The highest BCUT2D eigenvalue weighted by atomic mass is 32.2. The molecule has 1 aromatic heterocycles. The molecule has 0 saturated carbocycles. The van der Waals surface area contributed by atoms with E-state index in [0.717, 1.165) is 33.3 Å². The molecule has 29 heavy (non-hydrogen) atoms. The highest BCUT2D eigenvalue weighted by molar-refractivity contribution is 7.98. The first-order chi connectivity index (χ1) is 14.3. The van der Waals surface area contributed by atoms with Crippen LogP contribution in [0.15, 0.2) is 65.8 Å². The summed E-state index contributed by atoms with van der Waals surface area (Å²) in [6.07, 6.45) is 1.47. The standard InChI is InChI=1S/C22H18N4O2S/c1-27-18-12-11-15(13-7-3-4-8-14(13)18)20-23-17-10-6-5-9-16(17)19-21(28-20)24-22(29-2)26-25-19/h3-12,20,23H,1-2H3/t20-/m1/s1. The molecule has 2 heterocycles. The van der Waals surface area contributed by atoms with E-state index < -0.39 is 6.23 Å². The van der Waals surface area contributed by atoms with Crippen LogP contribution in [0, 0.1) is 0 Å². The summed E-state index contributed by atoms with van der Waals surface area (Å²) in [5.41, 5.74) is 3.46. The lowest BCUT2D eigenvalue weighted by molar-refractivity contribution is 0.226. The first-order valence-electron chi connectivity index (χ1n) is 9.15. The first-order valence-corrected chi connectivity index (χ1v) is 10.4. The van der Waals surface area contributed by atoms with Crippen LogP contribution in [-0.4, -0.2) is 28.5 Å². The van der Waals surface area contributed by atoms with Crippen LogP contribution < -0.4 is 14.8 Å². The minimum atomic E-state index is -0.445. The molecule has 0 bridgehead atoms. The Kier molecular flexibility index (Phi) is 4.44. The van der Waals surface area contributed by atoms with Gasteiger partial charge in [0.2, 0.25) is 11.0 Å². The molecular weight excluding hydrogens is 384 g/mol. The molecule has 1 aliphatic rings. The number of nitrogens with zero attached hydrogens (tertiary/aromatic N) is 3. The van der Waals surface area contributed by atoms with Crippen LogP contribution in [0.5, 0.6) is 11.6 Å². The number of rotatable bonds is 3. The zero-order valence-corrected chi connectivity index (χ0v) is 16.7. The van der Waals surface area contributed by atoms with Gasteiger partial charge in [0, 0.05) is 22.2 Å². The molecule has 0 aliphatic carbocycles. The number of fused-ring (bicyclic) bond motifs is 4. The van der Waals surface area contributed by atoms with Crippen LogP contribution in [0.3, 0.4) is 0 Å². The van der Waals surface area contributed by atoms with Crippen LogP contribution in [0.4, 0.5) is 5.69 Å². The van der Waals surface area contributed by atoms with Crippen molar-refractivity contribution >= 4 is 28.2 Å². The molecule has 1 atom stereocenters. The fourth-order valence-electron chi connectivity index (χ4n) is 3.58. The quantitative estimate of drug-likeness (QED) is 0.488. The summed E-state index contributed by atoms with van der Waals surface area (Å²) in [6, 6.07) is 20.1. The number of nitrogens with one attached hydrogen (secondary N) is 1. The number of para-hydroxylation sites is 1. The molecule has 0 fully saturated rings. The van der Waals surface area contributed by atoms with E-state index in [0.29, 0.717) is 16.7 Å². The topological polar surface area (TPSA) is 69.2 Å². The molecule has 1 aliphatic heterocycles. The van der Waals surface area contributed by atoms with Crippen LogP contribution in [-0.2, 0) is 0 Å². The van der Waals surface area contributed by atoms with Crippen molar-refractivity contribution in [3.05, 3.63) is 66.2 Å². The lowest BCUT2D eigenvalue weighted by Crippen LogP contribution is -2.17. The van der Waals surface area contributed by atoms with E-state index in [4.69, 9.17) is 9.47 Å². The number of thioether (sulfide) groups is 1. The number of hydrogen-bond donors (Lipinski definition) is 1. The highest BCUT2D eigenvalue weighted by Crippen LogP contribution is 2.41. The summed E-state index contributed by atoms with van der Waals surface area (Å²) < 4.78 is 11.9. The van der Waals surface area contributed by atoms with Crippen molar-refractivity contribution in [2.24, 2.45) is 0 Å². The molecule has 0 amide bonds. The van der Waals surface area contributed by atoms with E-state index in [1.54, 1.807) is 7.11 Å². The number of methoxy groups -OCH3 is 1. The summed E-state index contributed by atoms with van der Waals surface area (Å²) in [7, 11) is 1.68. The van der Waals surface area contributed by atoms with Gasteiger partial charge < -0.3 is 14.8 Å². The Morgan fingerprint density at radius 2 is 1.76 bits per heavy atom. The third kappa shape index (κ3) is 3.03. The molecule has 4 aromatic rings. The fraction of sp³-hybridized carbons (Fsp3) is 0.136. The van der Waals surface area contributed by atoms with Gasteiger partial charge in [0.25, 0.3) is 0 Å². The van der Waals surface area contributed by atoms with E-state index in [9.17, 15) is 0 Å². The van der Waals surface area contributed by atoms with Crippen molar-refractivity contribution in [1.29, 1.82) is 0 Å². The predicted octanol–water partition coefficient (Wildman–Crippen LogP) is 4.93. The summed E-state index contributed by atoms with van der Waals surface area (Å²) in [4.78, 5) is 4.58. The van der Waals surface area contributed by atoms with Gasteiger partial charge in [0.05, 0.1) is 7.11 Å². The molecule has 0 radical (unpaired) electrons. The van der Waals surface area contributed by atoms with Gasteiger partial charge in [-0.25, -0.2) is 0 Å². The molecule has 7 heteroatoms. The lowest BCUT2D eigenvalue weighted by Gasteiger charge is -2.21. The third-order valence-electron chi connectivity index (χ3n) is 4.94. The average Bonchev–Trinajstić information content (AvgIpc) is 2.94. The molecule has 0 spiro atoms. The van der Waals surface area contributed by atoms with Crippen molar-refractivity contribution in [1.82, 2.24) is 15.2 Å². The maximum atomic E-state index is 6.37. The summed E-state index contributed by atoms with van der Waals surface area (Å²) >= 11 is 1.43. The minimum Gasteiger partial charge on any atom is -0.496 e. The SMILES string of the molecule is COc1ccc([C@@H]2Nc3ccccc3-c3nnc(SC)nc3O2)c2ccccc12. The van der Waals surface area contributed by atoms with Crippen LogP contribution in [0.2, 0.25) is 0 Å². The lowest BCUT2D eigenvalue weighted by atomic mass is 10.0. The second-order valence-corrected chi connectivity index (χ2v) is 7.32. The van der Waals surface area contributed by atoms with Crippen molar-refractivity contribution in [3.8, 4) is 22.9 Å². The Morgan fingerprint density at radius 3 is 2.59 bits per heavy atom. The Morgan fingerprint density at radius 1 is 0.966 bits per heavy atom. The van der Waals surface area contributed by atoms with Gasteiger partial charge >= 0.3 is 0 Å². The second kappa shape index (κ2) is 7.25. The Balaban J connectivity index is 1.71. The maximum Gasteiger partial charge on any atom is 0.247 e. The molecule has 5 rings (SSSR count). The van der Waals surface area contributed by atoms with E-state index in [1.165, 1.54) is 11.8 Å². The van der Waals surface area contributed by atoms with Crippen LogP contribution in [0.25, 0.3) is 22.0 Å². The molecule has 144 valence electrons. The smallest absolute Gasteiger partial charge is 0.247 e. The average molecular weight is 402 g/mol. The van der Waals surface area contributed by atoms with Gasteiger partial charge in [-0.3, -0.25) is 0 Å². The summed E-state index contributed by atoms with van der Waals surface area (Å²) in [6.45, 7) is 0. The Labute approximate surface area is 172 Å². The number of anilines is 1. The van der Waals surface area contributed by atoms with Crippen LogP contribution >= 0.6 is 11.8 Å². The van der Waals surface area contributed by atoms with Crippen molar-refractivity contribution in [2.75, 3.05) is 18.7 Å². The first kappa shape index (κ1) is 17.8. The van der Waals surface area contributed by atoms with Crippen molar-refractivity contribution in [3.63, 3.8) is 0 Å². The monoisotopic (exact) mass is 402 g/mol. The molecule has 6 nitrogen and oxygen atoms in total. The molecule has 0 saturated heterocycles. The Bertz CT molecular complexity index is 1210. The third-order valence-corrected chi connectivity index (χ3v) is 5.47. The zero-order valence-electron chi connectivity index (χ0n) is 15.9. The van der Waals surface area contributed by atoms with E-state index in [1.807, 2.05) is 60.9 Å². The largest absolute Gasteiger partial charge is 0.496 e. The van der Waals surface area contributed by atoms with E-state index >= 15 is 0 Å². The number of hydrogen-bond acceptors (Lipinski definition) is 7. The number of ether oxygens (including phenoxy) is 2. The molecule has 1 N–H and O–H groups in total. The van der Waals surface area contributed by atoms with Crippen molar-refractivity contribution < 1.29 is 9.47 Å². The maximum absolute atomic E-state index is 6.37. The number of aromatic nitrogens is 3. The van der Waals surface area contributed by atoms with Gasteiger partial charge in [-0.15, -0.1) is 10.2 Å². The van der Waals surface area contributed by atoms with Gasteiger partial charge in [-0.1, -0.05) is 54.2 Å². The predicted molar refractivity (Wildman–Crippen MR) is 115 cm³/mol. The molecule has 3 aromatic carbocycles. The minimum absolute atomic E-state index is 0.445. The van der Waals surface area contributed by atoms with Gasteiger partial charge in [-0.05, 0) is 29.8 Å². The van der Waals surface area contributed by atoms with Crippen molar-refractivity contribution in [2.45, 2.75) is 11.4 Å². The van der Waals surface area contributed by atoms with Gasteiger partial charge in [0.1, 0.15) is 5.75 Å². The van der Waals surface area contributed by atoms with Gasteiger partial charge in [-0.2, -0.15) is 4.98 Å². The summed E-state index contributed by atoms with van der Waals surface area (Å²) in [5.74, 6) is 1.29. The Hall–Kier alpha value is -3.32.